The van der Waals surface area contributed by atoms with E-state index in [0.717, 1.165) is 29.0 Å². The van der Waals surface area contributed by atoms with E-state index in [1.165, 1.54) is 12.8 Å². The van der Waals surface area contributed by atoms with Crippen LogP contribution in [0.3, 0.4) is 0 Å². The first-order chi connectivity index (χ1) is 8.69. The van der Waals surface area contributed by atoms with Crippen LogP contribution < -0.4 is 10.6 Å². The van der Waals surface area contributed by atoms with E-state index < -0.39 is 0 Å². The maximum atomic E-state index is 6.15. The fourth-order valence-corrected chi connectivity index (χ4v) is 3.54. The molecule has 0 spiro atoms. The largest absolute Gasteiger partial charge is 0.369 e. The molecule has 3 rings (SSSR count). The van der Waals surface area contributed by atoms with Crippen molar-refractivity contribution in [3.63, 3.8) is 0 Å². The molecule has 0 amide bonds. The molecule has 96 valence electrons. The van der Waals surface area contributed by atoms with E-state index in [2.05, 4.69) is 50.9 Å². The van der Waals surface area contributed by atoms with Gasteiger partial charge in [0.05, 0.1) is 17.8 Å². The van der Waals surface area contributed by atoms with Crippen LogP contribution >= 0.6 is 15.9 Å². The van der Waals surface area contributed by atoms with Gasteiger partial charge in [-0.05, 0) is 53.2 Å². The highest BCUT2D eigenvalue weighted by Gasteiger charge is 2.52. The minimum absolute atomic E-state index is 0.105. The summed E-state index contributed by atoms with van der Waals surface area (Å²) in [6.45, 7) is 3.08. The quantitative estimate of drug-likeness (QED) is 0.932. The van der Waals surface area contributed by atoms with Crippen LogP contribution in [0.2, 0.25) is 0 Å². The summed E-state index contributed by atoms with van der Waals surface area (Å²) in [4.78, 5) is 6.78. The second kappa shape index (κ2) is 4.26. The van der Waals surface area contributed by atoms with Crippen LogP contribution in [-0.4, -0.2) is 18.0 Å². The molecule has 1 saturated carbocycles. The molecule has 1 aliphatic carbocycles. The Hall–Kier alpha value is -1.03. The molecule has 1 aliphatic heterocycles. The lowest BCUT2D eigenvalue weighted by Crippen LogP contribution is -2.53. The molecule has 0 saturated heterocycles. The Morgan fingerprint density at radius 3 is 2.78 bits per heavy atom. The van der Waals surface area contributed by atoms with Crippen molar-refractivity contribution < 1.29 is 0 Å². The Labute approximate surface area is 116 Å². The fourth-order valence-electron chi connectivity index (χ4n) is 3.07. The van der Waals surface area contributed by atoms with Gasteiger partial charge in [-0.15, -0.1) is 0 Å². The topological polar surface area (TPSA) is 41.6 Å². The third-order valence-electron chi connectivity index (χ3n) is 4.23. The highest BCUT2D eigenvalue weighted by atomic mass is 79.9. The summed E-state index contributed by atoms with van der Waals surface area (Å²) >= 11 is 3.63. The molecule has 4 heteroatoms. The maximum Gasteiger partial charge on any atom is 0.196 e. The van der Waals surface area contributed by atoms with Gasteiger partial charge in [0.2, 0.25) is 0 Å². The molecule has 1 fully saturated rings. The molecule has 2 aliphatic rings. The van der Waals surface area contributed by atoms with Crippen molar-refractivity contribution in [1.82, 2.24) is 0 Å². The van der Waals surface area contributed by atoms with Gasteiger partial charge in [0.25, 0.3) is 0 Å². The minimum Gasteiger partial charge on any atom is -0.369 e. The van der Waals surface area contributed by atoms with Crippen molar-refractivity contribution in [3.05, 3.63) is 28.7 Å². The van der Waals surface area contributed by atoms with E-state index in [-0.39, 0.29) is 5.54 Å². The fraction of sp³-hybridized carbons (Fsp3) is 0.500. The second-order valence-electron chi connectivity index (χ2n) is 5.19. The molecule has 0 aromatic heterocycles. The van der Waals surface area contributed by atoms with Gasteiger partial charge in [-0.3, -0.25) is 4.99 Å². The zero-order chi connectivity index (χ0) is 12.8. The van der Waals surface area contributed by atoms with Crippen LogP contribution in [0.25, 0.3) is 0 Å². The molecule has 1 aromatic rings. The van der Waals surface area contributed by atoms with Crippen LogP contribution in [0, 0.1) is 5.92 Å². The number of rotatable bonds is 3. The summed E-state index contributed by atoms with van der Waals surface area (Å²) in [7, 11) is 0. The smallest absolute Gasteiger partial charge is 0.196 e. The third-order valence-corrected chi connectivity index (χ3v) is 4.90. The number of para-hydroxylation sites is 1. The molecule has 1 aromatic carbocycles. The summed E-state index contributed by atoms with van der Waals surface area (Å²) in [6.07, 6.45) is 3.69. The van der Waals surface area contributed by atoms with Crippen molar-refractivity contribution in [2.45, 2.75) is 31.7 Å². The van der Waals surface area contributed by atoms with Crippen molar-refractivity contribution >= 4 is 27.6 Å². The van der Waals surface area contributed by atoms with Gasteiger partial charge in [-0.25, -0.2) is 0 Å². The van der Waals surface area contributed by atoms with Crippen molar-refractivity contribution in [1.29, 1.82) is 0 Å². The summed E-state index contributed by atoms with van der Waals surface area (Å²) in [5, 5.41) is 0. The predicted molar refractivity (Wildman–Crippen MR) is 78.9 cm³/mol. The molecular formula is C14H18BrN3. The zero-order valence-corrected chi connectivity index (χ0v) is 12.2. The number of nitrogens with zero attached hydrogens (tertiary/aromatic N) is 2. The van der Waals surface area contributed by atoms with Crippen molar-refractivity contribution in [2.24, 2.45) is 16.6 Å². The molecule has 1 heterocycles. The lowest BCUT2D eigenvalue weighted by molar-refractivity contribution is 0.385. The Balaban J connectivity index is 2.06. The summed E-state index contributed by atoms with van der Waals surface area (Å²) in [5.74, 6) is 1.40. The molecule has 0 bridgehead atoms. The van der Waals surface area contributed by atoms with Gasteiger partial charge in [0, 0.05) is 4.47 Å². The van der Waals surface area contributed by atoms with Crippen LogP contribution in [-0.2, 0) is 0 Å². The standard InChI is InChI=1S/C14H18BrN3/c1-2-14(10-7-8-10)9-17-13(16)18(14)12-6-4-3-5-11(12)15/h3-6,10H,2,7-9H2,1H3,(H2,16,17). The summed E-state index contributed by atoms with van der Waals surface area (Å²) in [5.41, 5.74) is 7.40. The van der Waals surface area contributed by atoms with E-state index in [9.17, 15) is 0 Å². The highest BCUT2D eigenvalue weighted by molar-refractivity contribution is 9.10. The SMILES string of the molecule is CCC1(C2CC2)CN=C(N)N1c1ccccc1Br. The first kappa shape index (κ1) is 12.0. The molecule has 2 N–H and O–H groups in total. The number of guanidine groups is 1. The van der Waals surface area contributed by atoms with Gasteiger partial charge in [0.1, 0.15) is 0 Å². The van der Waals surface area contributed by atoms with Gasteiger partial charge in [0.15, 0.2) is 5.96 Å². The van der Waals surface area contributed by atoms with Crippen molar-refractivity contribution in [3.8, 4) is 0 Å². The Bertz CT molecular complexity index is 496. The first-order valence-electron chi connectivity index (χ1n) is 6.54. The first-order valence-corrected chi connectivity index (χ1v) is 7.33. The number of nitrogens with two attached hydrogens (primary N) is 1. The van der Waals surface area contributed by atoms with Gasteiger partial charge >= 0.3 is 0 Å². The number of hydrogen-bond acceptors (Lipinski definition) is 3. The monoisotopic (exact) mass is 307 g/mol. The normalized spacial score (nSPS) is 27.4. The van der Waals surface area contributed by atoms with Crippen LogP contribution in [0.1, 0.15) is 26.2 Å². The van der Waals surface area contributed by atoms with Crippen LogP contribution in [0.5, 0.6) is 0 Å². The number of benzene rings is 1. The van der Waals surface area contributed by atoms with E-state index in [0.29, 0.717) is 5.96 Å². The lowest BCUT2D eigenvalue weighted by Gasteiger charge is -2.39. The highest BCUT2D eigenvalue weighted by Crippen LogP contribution is 2.49. The molecule has 18 heavy (non-hydrogen) atoms. The molecule has 0 radical (unpaired) electrons. The number of anilines is 1. The Morgan fingerprint density at radius 1 is 1.44 bits per heavy atom. The van der Waals surface area contributed by atoms with Gasteiger partial charge < -0.3 is 10.6 Å². The van der Waals surface area contributed by atoms with E-state index >= 15 is 0 Å². The average molecular weight is 308 g/mol. The van der Waals surface area contributed by atoms with E-state index in [4.69, 9.17) is 5.73 Å². The lowest BCUT2D eigenvalue weighted by atomic mass is 9.88. The van der Waals surface area contributed by atoms with E-state index in [1.54, 1.807) is 0 Å². The van der Waals surface area contributed by atoms with Gasteiger partial charge in [-0.1, -0.05) is 19.1 Å². The predicted octanol–water partition coefficient (Wildman–Crippen LogP) is 3.14. The number of halogens is 1. The third kappa shape index (κ3) is 1.66. The molecule has 1 unspecified atom stereocenters. The van der Waals surface area contributed by atoms with Gasteiger partial charge in [-0.2, -0.15) is 0 Å². The van der Waals surface area contributed by atoms with E-state index in [1.807, 2.05) is 6.07 Å². The zero-order valence-electron chi connectivity index (χ0n) is 10.6. The Kier molecular flexibility index (Phi) is 2.85. The maximum absolute atomic E-state index is 6.15. The minimum atomic E-state index is 0.105. The number of aliphatic imine (C=N–C) groups is 1. The second-order valence-corrected chi connectivity index (χ2v) is 6.05. The Morgan fingerprint density at radius 2 is 2.17 bits per heavy atom. The van der Waals surface area contributed by atoms with Crippen molar-refractivity contribution in [2.75, 3.05) is 11.4 Å². The summed E-state index contributed by atoms with van der Waals surface area (Å²) < 4.78 is 1.09. The average Bonchev–Trinajstić information content (AvgIpc) is 3.16. The molecule has 1 atom stereocenters. The number of hydrogen-bond donors (Lipinski definition) is 1. The van der Waals surface area contributed by atoms with Crippen LogP contribution in [0.4, 0.5) is 5.69 Å². The molecular weight excluding hydrogens is 290 g/mol. The summed E-state index contributed by atoms with van der Waals surface area (Å²) in [6, 6.07) is 8.26. The van der Waals surface area contributed by atoms with Crippen LogP contribution in [0.15, 0.2) is 33.7 Å². The molecule has 3 nitrogen and oxygen atoms in total.